The normalized spacial score (nSPS) is 21.7. The van der Waals surface area contributed by atoms with Gasteiger partial charge >= 0.3 is 27.1 Å². The molecule has 8 heteroatoms. The molecule has 1 fully saturated rings. The van der Waals surface area contributed by atoms with Crippen molar-refractivity contribution in [3.63, 3.8) is 0 Å². The Morgan fingerprint density at radius 3 is 2.29 bits per heavy atom. The van der Waals surface area contributed by atoms with Crippen molar-refractivity contribution in [2.75, 3.05) is 0 Å². The standard InChI is InChI=1S/C9H12Br2O3Si3/c1-15-12-16(2)14-17(3,13-15)8-6-4-5-7(10)9(8)11/h4-6H,1-3H3. The van der Waals surface area contributed by atoms with Crippen LogP contribution in [0.2, 0.25) is 19.6 Å². The van der Waals surface area contributed by atoms with Crippen molar-refractivity contribution in [2.24, 2.45) is 0 Å². The molecule has 0 amide bonds. The molecule has 1 aliphatic rings. The van der Waals surface area contributed by atoms with Crippen LogP contribution >= 0.6 is 31.9 Å². The van der Waals surface area contributed by atoms with E-state index in [1.807, 2.05) is 25.2 Å². The molecule has 2 rings (SSSR count). The Bertz CT molecular complexity index is 422. The first-order valence-electron chi connectivity index (χ1n) is 5.10. The van der Waals surface area contributed by atoms with Crippen molar-refractivity contribution in [2.45, 2.75) is 19.6 Å². The van der Waals surface area contributed by atoms with E-state index in [-0.39, 0.29) is 0 Å². The summed E-state index contributed by atoms with van der Waals surface area (Å²) in [5.41, 5.74) is 0. The summed E-state index contributed by atoms with van der Waals surface area (Å²) in [6, 6.07) is 6.08. The van der Waals surface area contributed by atoms with Gasteiger partial charge in [-0.15, -0.1) is 0 Å². The van der Waals surface area contributed by atoms with Crippen LogP contribution in [0.25, 0.3) is 0 Å². The Balaban J connectivity index is 2.40. The van der Waals surface area contributed by atoms with Gasteiger partial charge in [-0.05, 0) is 57.6 Å². The maximum absolute atomic E-state index is 6.04. The average Bonchev–Trinajstić information content (AvgIpc) is 2.19. The molecule has 17 heavy (non-hydrogen) atoms. The van der Waals surface area contributed by atoms with Crippen molar-refractivity contribution < 1.29 is 12.3 Å². The second kappa shape index (κ2) is 5.37. The van der Waals surface area contributed by atoms with Crippen molar-refractivity contribution >= 4 is 64.2 Å². The first-order chi connectivity index (χ1) is 7.92. The van der Waals surface area contributed by atoms with Gasteiger partial charge in [0.2, 0.25) is 0 Å². The average molecular weight is 412 g/mol. The second-order valence-electron chi connectivity index (χ2n) is 3.84. The molecule has 0 atom stereocenters. The number of benzene rings is 1. The second-order valence-corrected chi connectivity index (χ2v) is 12.3. The van der Waals surface area contributed by atoms with Gasteiger partial charge in [0.25, 0.3) is 0 Å². The molecular weight excluding hydrogens is 400 g/mol. The maximum Gasteiger partial charge on any atom is 0.362 e. The molecule has 0 saturated carbocycles. The minimum Gasteiger partial charge on any atom is -0.414 e. The van der Waals surface area contributed by atoms with E-state index in [0.29, 0.717) is 0 Å². The molecule has 0 unspecified atom stereocenters. The first kappa shape index (κ1) is 14.1. The van der Waals surface area contributed by atoms with Crippen LogP contribution in [0.15, 0.2) is 27.1 Å². The summed E-state index contributed by atoms with van der Waals surface area (Å²) in [6.07, 6.45) is 0. The summed E-state index contributed by atoms with van der Waals surface area (Å²) in [5.74, 6) is 0. The number of halogens is 2. The highest BCUT2D eigenvalue weighted by Gasteiger charge is 2.45. The van der Waals surface area contributed by atoms with Gasteiger partial charge in [-0.2, -0.15) is 0 Å². The van der Waals surface area contributed by atoms with E-state index < -0.39 is 27.1 Å². The number of hydrogen-bond donors (Lipinski definition) is 0. The van der Waals surface area contributed by atoms with Gasteiger partial charge in [0.15, 0.2) is 0 Å². The molecule has 0 spiro atoms. The van der Waals surface area contributed by atoms with Crippen LogP contribution < -0.4 is 5.19 Å². The van der Waals surface area contributed by atoms with E-state index >= 15 is 0 Å². The summed E-state index contributed by atoms with van der Waals surface area (Å²) in [7, 11) is -4.68. The van der Waals surface area contributed by atoms with Crippen molar-refractivity contribution in [3.8, 4) is 0 Å². The summed E-state index contributed by atoms with van der Waals surface area (Å²) in [5, 5.41) is 1.13. The highest BCUT2D eigenvalue weighted by atomic mass is 79.9. The van der Waals surface area contributed by atoms with Crippen molar-refractivity contribution in [1.82, 2.24) is 0 Å². The van der Waals surface area contributed by atoms with Gasteiger partial charge in [-0.25, -0.2) is 0 Å². The fraction of sp³-hybridized carbons (Fsp3) is 0.333. The zero-order valence-corrected chi connectivity index (χ0v) is 15.9. The molecule has 92 valence electrons. The van der Waals surface area contributed by atoms with Gasteiger partial charge in [-0.1, -0.05) is 12.1 Å². The topological polar surface area (TPSA) is 27.7 Å². The molecule has 0 bridgehead atoms. The fourth-order valence-corrected chi connectivity index (χ4v) is 13.1. The molecule has 1 aromatic rings. The number of hydrogen-bond acceptors (Lipinski definition) is 3. The van der Waals surface area contributed by atoms with Gasteiger partial charge in [0.05, 0.1) is 0 Å². The van der Waals surface area contributed by atoms with Crippen LogP contribution in [-0.2, 0) is 12.3 Å². The molecule has 3 nitrogen and oxygen atoms in total. The van der Waals surface area contributed by atoms with E-state index in [1.165, 1.54) is 0 Å². The molecule has 0 N–H and O–H groups in total. The van der Waals surface area contributed by atoms with Crippen LogP contribution in [0.4, 0.5) is 0 Å². The Kier molecular flexibility index (Phi) is 4.46. The SMILES string of the molecule is C[Si]1O[Si](C)O[Si](C)(c2cccc(Br)c2Br)O1. The van der Waals surface area contributed by atoms with Crippen LogP contribution in [-0.4, -0.2) is 27.1 Å². The zero-order chi connectivity index (χ0) is 12.6. The Hall–Kier alpha value is 0.711. The van der Waals surface area contributed by atoms with E-state index in [0.717, 1.165) is 14.1 Å². The van der Waals surface area contributed by atoms with Gasteiger partial charge < -0.3 is 12.3 Å². The summed E-state index contributed by atoms with van der Waals surface area (Å²) in [6.45, 7) is 6.14. The smallest absolute Gasteiger partial charge is 0.362 e. The lowest BCUT2D eigenvalue weighted by Crippen LogP contribution is -2.62. The predicted octanol–water partition coefficient (Wildman–Crippen LogP) is 2.79. The van der Waals surface area contributed by atoms with Gasteiger partial charge in [0.1, 0.15) is 0 Å². The highest BCUT2D eigenvalue weighted by molar-refractivity contribution is 9.13. The third-order valence-corrected chi connectivity index (χ3v) is 13.9. The van der Waals surface area contributed by atoms with Gasteiger partial charge in [0, 0.05) is 14.1 Å². The molecule has 2 radical (unpaired) electrons. The lowest BCUT2D eigenvalue weighted by molar-refractivity contribution is 0.280. The Morgan fingerprint density at radius 1 is 1.12 bits per heavy atom. The minimum atomic E-state index is -2.33. The third kappa shape index (κ3) is 3.00. The minimum absolute atomic E-state index is 1.03. The Morgan fingerprint density at radius 2 is 1.71 bits per heavy atom. The molecule has 1 aliphatic heterocycles. The monoisotopic (exact) mass is 410 g/mol. The predicted molar refractivity (Wildman–Crippen MR) is 79.6 cm³/mol. The molecule has 1 saturated heterocycles. The van der Waals surface area contributed by atoms with Crippen LogP contribution in [0.5, 0.6) is 0 Å². The highest BCUT2D eigenvalue weighted by Crippen LogP contribution is 2.26. The molecule has 1 aromatic carbocycles. The quantitative estimate of drug-likeness (QED) is 0.665. The van der Waals surface area contributed by atoms with E-state index in [2.05, 4.69) is 44.5 Å². The van der Waals surface area contributed by atoms with Crippen molar-refractivity contribution in [1.29, 1.82) is 0 Å². The molecule has 0 aromatic heterocycles. The zero-order valence-electron chi connectivity index (χ0n) is 9.71. The molecule has 1 heterocycles. The van der Waals surface area contributed by atoms with Crippen LogP contribution in [0.1, 0.15) is 0 Å². The number of rotatable bonds is 1. The lowest BCUT2D eigenvalue weighted by atomic mass is 10.4. The summed E-state index contributed by atoms with van der Waals surface area (Å²) >= 11 is 7.12. The van der Waals surface area contributed by atoms with E-state index in [1.54, 1.807) is 0 Å². The first-order valence-corrected chi connectivity index (χ1v) is 12.6. The van der Waals surface area contributed by atoms with Crippen molar-refractivity contribution in [3.05, 3.63) is 27.1 Å². The lowest BCUT2D eigenvalue weighted by Gasteiger charge is -2.37. The maximum atomic E-state index is 6.04. The van der Waals surface area contributed by atoms with E-state index in [9.17, 15) is 0 Å². The van der Waals surface area contributed by atoms with Crippen LogP contribution in [0, 0.1) is 0 Å². The summed E-state index contributed by atoms with van der Waals surface area (Å²) < 4.78 is 19.8. The van der Waals surface area contributed by atoms with Gasteiger partial charge in [-0.3, -0.25) is 0 Å². The van der Waals surface area contributed by atoms with E-state index in [4.69, 9.17) is 12.3 Å². The van der Waals surface area contributed by atoms with Crippen LogP contribution in [0.3, 0.4) is 0 Å². The molecule has 0 aliphatic carbocycles. The third-order valence-electron chi connectivity index (χ3n) is 2.41. The summed E-state index contributed by atoms with van der Waals surface area (Å²) in [4.78, 5) is 0. The fourth-order valence-electron chi connectivity index (χ4n) is 1.78. The molecular formula is C9H12Br2O3Si3. The largest absolute Gasteiger partial charge is 0.414 e. The Labute approximate surface area is 123 Å².